The average molecular weight is 347 g/mol. The van der Waals surface area contributed by atoms with Crippen LogP contribution in [0.1, 0.15) is 12.6 Å². The van der Waals surface area contributed by atoms with Crippen molar-refractivity contribution in [3.8, 4) is 5.75 Å². The summed E-state index contributed by atoms with van der Waals surface area (Å²) in [5.74, 6) is -0.430. The summed E-state index contributed by atoms with van der Waals surface area (Å²) in [6.07, 6.45) is 4.48. The summed E-state index contributed by atoms with van der Waals surface area (Å²) < 4.78 is 68.2. The van der Waals surface area contributed by atoms with Crippen LogP contribution < -0.4 is 4.18 Å². The predicted molar refractivity (Wildman–Crippen MR) is 78.0 cm³/mol. The van der Waals surface area contributed by atoms with Crippen LogP contribution in [0.3, 0.4) is 0 Å². The van der Waals surface area contributed by atoms with Gasteiger partial charge in [0.2, 0.25) is 0 Å². The van der Waals surface area contributed by atoms with Gasteiger partial charge < -0.3 is 8.92 Å². The smallest absolute Gasteiger partial charge is 0.501 e. The molecule has 0 N–H and O–H groups in total. The van der Waals surface area contributed by atoms with Crippen molar-refractivity contribution in [3.05, 3.63) is 42.4 Å². The lowest BCUT2D eigenvalue weighted by atomic mass is 10.1. The van der Waals surface area contributed by atoms with Crippen molar-refractivity contribution in [2.75, 3.05) is 6.61 Å². The molecule has 0 aliphatic carbocycles. The van der Waals surface area contributed by atoms with E-state index in [1.54, 1.807) is 6.08 Å². The summed E-state index contributed by atoms with van der Waals surface area (Å²) in [7, 11) is -5.70. The van der Waals surface area contributed by atoms with Gasteiger partial charge in [0.15, 0.2) is 0 Å². The molecule has 0 saturated carbocycles. The lowest BCUT2D eigenvalue weighted by Crippen LogP contribution is -2.28. The molecule has 0 fully saturated rings. The summed E-state index contributed by atoms with van der Waals surface area (Å²) in [5.41, 5.74) is -4.95. The third-order valence-corrected chi connectivity index (χ3v) is 3.72. The quantitative estimate of drug-likeness (QED) is 0.471. The van der Waals surface area contributed by atoms with Gasteiger partial charge >= 0.3 is 15.6 Å². The third-order valence-electron chi connectivity index (χ3n) is 2.74. The van der Waals surface area contributed by atoms with E-state index in [0.29, 0.717) is 23.1 Å². The van der Waals surface area contributed by atoms with Crippen LogP contribution >= 0.6 is 0 Å². The highest BCUT2D eigenvalue weighted by molar-refractivity contribution is 7.88. The minimum atomic E-state index is -5.70. The van der Waals surface area contributed by atoms with E-state index in [9.17, 15) is 21.6 Å². The van der Waals surface area contributed by atoms with Gasteiger partial charge in [-0.15, -0.1) is 0 Å². The van der Waals surface area contributed by atoms with Gasteiger partial charge in [-0.3, -0.25) is 4.98 Å². The Labute approximate surface area is 130 Å². The average Bonchev–Trinajstić information content (AvgIpc) is 2.46. The molecule has 2 rings (SSSR count). The third kappa shape index (κ3) is 3.92. The number of benzene rings is 1. The molecule has 0 atom stereocenters. The number of rotatable bonds is 5. The highest BCUT2D eigenvalue weighted by Gasteiger charge is 2.48. The van der Waals surface area contributed by atoms with Gasteiger partial charge in [0, 0.05) is 11.6 Å². The highest BCUT2D eigenvalue weighted by atomic mass is 32.2. The van der Waals surface area contributed by atoms with Gasteiger partial charge in [-0.1, -0.05) is 0 Å². The maximum atomic E-state index is 12.3. The molecule has 1 aromatic heterocycles. The normalized spacial score (nSPS) is 12.7. The molecule has 0 aliphatic heterocycles. The zero-order valence-electron chi connectivity index (χ0n) is 11.9. The zero-order valence-corrected chi connectivity index (χ0v) is 12.7. The molecule has 124 valence electrons. The second-order valence-electron chi connectivity index (χ2n) is 4.32. The van der Waals surface area contributed by atoms with Crippen LogP contribution in [0, 0.1) is 0 Å². The molecule has 0 bridgehead atoms. The molecule has 9 heteroatoms. The predicted octanol–water partition coefficient (Wildman–Crippen LogP) is 3.47. The Hall–Kier alpha value is -2.29. The molecular formula is C14H12F3NO4S. The van der Waals surface area contributed by atoms with Gasteiger partial charge in [-0.05, 0) is 42.7 Å². The fourth-order valence-electron chi connectivity index (χ4n) is 1.75. The van der Waals surface area contributed by atoms with Crippen LogP contribution in [0.4, 0.5) is 13.2 Å². The van der Waals surface area contributed by atoms with Gasteiger partial charge in [0.1, 0.15) is 5.75 Å². The summed E-state index contributed by atoms with van der Waals surface area (Å²) in [4.78, 5) is 4.12. The number of fused-ring (bicyclic) bond motifs is 1. The van der Waals surface area contributed by atoms with Crippen LogP contribution in [-0.2, 0) is 14.9 Å². The molecule has 0 amide bonds. The van der Waals surface area contributed by atoms with E-state index < -0.39 is 21.4 Å². The summed E-state index contributed by atoms with van der Waals surface area (Å²) in [6, 6.07) is 5.28. The van der Waals surface area contributed by atoms with Crippen LogP contribution in [0.5, 0.6) is 5.75 Å². The van der Waals surface area contributed by atoms with Crippen molar-refractivity contribution < 1.29 is 30.5 Å². The summed E-state index contributed by atoms with van der Waals surface area (Å²) >= 11 is 0. The number of aromatic nitrogens is 1. The molecular weight excluding hydrogens is 335 g/mol. The van der Waals surface area contributed by atoms with Crippen molar-refractivity contribution in [2.24, 2.45) is 0 Å². The van der Waals surface area contributed by atoms with Gasteiger partial charge in [-0.25, -0.2) is 0 Å². The Balaban J connectivity index is 2.37. The first-order valence-corrected chi connectivity index (χ1v) is 7.83. The molecule has 5 nitrogen and oxygen atoms in total. The second kappa shape index (κ2) is 6.45. The van der Waals surface area contributed by atoms with E-state index in [1.807, 2.05) is 6.92 Å². The van der Waals surface area contributed by atoms with E-state index >= 15 is 0 Å². The Morgan fingerprint density at radius 2 is 2.00 bits per heavy atom. The molecule has 0 saturated heterocycles. The Morgan fingerprint density at radius 1 is 1.26 bits per heavy atom. The van der Waals surface area contributed by atoms with Crippen molar-refractivity contribution in [1.82, 2.24) is 4.98 Å². The van der Waals surface area contributed by atoms with Crippen LogP contribution in [0.2, 0.25) is 0 Å². The van der Waals surface area contributed by atoms with Crippen molar-refractivity contribution in [1.29, 1.82) is 0 Å². The second-order valence-corrected chi connectivity index (χ2v) is 5.86. The summed E-state index contributed by atoms with van der Waals surface area (Å²) in [6.45, 7) is 2.29. The van der Waals surface area contributed by atoms with Crippen molar-refractivity contribution >= 4 is 27.0 Å². The molecule has 1 aromatic carbocycles. The Bertz CT molecular complexity index is 832. The molecule has 0 aliphatic rings. The topological polar surface area (TPSA) is 65.5 Å². The first kappa shape index (κ1) is 17.1. The Kier molecular flexibility index (Phi) is 4.79. The van der Waals surface area contributed by atoms with E-state index in [1.165, 1.54) is 30.7 Å². The van der Waals surface area contributed by atoms with Gasteiger partial charge in [0.05, 0.1) is 18.6 Å². The molecule has 0 radical (unpaired) electrons. The van der Waals surface area contributed by atoms with Crippen LogP contribution in [-0.4, -0.2) is 25.5 Å². The molecule has 23 heavy (non-hydrogen) atoms. The van der Waals surface area contributed by atoms with E-state index in [0.717, 1.165) is 6.07 Å². The number of pyridine rings is 1. The van der Waals surface area contributed by atoms with Crippen molar-refractivity contribution in [3.63, 3.8) is 0 Å². The maximum absolute atomic E-state index is 12.3. The first-order valence-electron chi connectivity index (χ1n) is 6.42. The summed E-state index contributed by atoms with van der Waals surface area (Å²) in [5, 5.41) is 1.09. The van der Waals surface area contributed by atoms with Gasteiger partial charge in [0.25, 0.3) is 0 Å². The van der Waals surface area contributed by atoms with E-state index in [4.69, 9.17) is 4.74 Å². The van der Waals surface area contributed by atoms with E-state index in [2.05, 4.69) is 9.17 Å². The minimum absolute atomic E-state index is 0.430. The SMILES string of the molecule is CCOC=Cc1nccc2cc(OS(=O)(=O)C(F)(F)F)ccc12. The first-order chi connectivity index (χ1) is 10.7. The lowest BCUT2D eigenvalue weighted by molar-refractivity contribution is -0.0500. The molecule has 1 heterocycles. The zero-order chi connectivity index (χ0) is 17.1. The standard InChI is InChI=1S/C14H12F3NO4S/c1-2-21-8-6-13-12-4-3-11(9-10(12)5-7-18-13)22-23(19,20)14(15,16)17/h3-9H,2H2,1H3. The minimum Gasteiger partial charge on any atom is -0.501 e. The van der Waals surface area contributed by atoms with Crippen LogP contribution in [0.25, 0.3) is 16.8 Å². The molecule has 2 aromatic rings. The van der Waals surface area contributed by atoms with Gasteiger partial charge in [-0.2, -0.15) is 21.6 Å². The lowest BCUT2D eigenvalue weighted by Gasteiger charge is -2.10. The number of hydrogen-bond acceptors (Lipinski definition) is 5. The highest BCUT2D eigenvalue weighted by Crippen LogP contribution is 2.29. The fraction of sp³-hybridized carbons (Fsp3) is 0.214. The largest absolute Gasteiger partial charge is 0.534 e. The fourth-order valence-corrected chi connectivity index (χ4v) is 2.20. The number of alkyl halides is 3. The number of nitrogens with zero attached hydrogens (tertiary/aromatic N) is 1. The Morgan fingerprint density at radius 3 is 2.65 bits per heavy atom. The monoisotopic (exact) mass is 347 g/mol. The van der Waals surface area contributed by atoms with Crippen molar-refractivity contribution in [2.45, 2.75) is 12.4 Å². The van der Waals surface area contributed by atoms with Crippen LogP contribution in [0.15, 0.2) is 36.7 Å². The number of ether oxygens (including phenoxy) is 1. The number of hydrogen-bond donors (Lipinski definition) is 0. The number of halogens is 3. The maximum Gasteiger partial charge on any atom is 0.534 e. The van der Waals surface area contributed by atoms with E-state index in [-0.39, 0.29) is 0 Å². The molecule has 0 unspecified atom stereocenters. The molecule has 0 spiro atoms.